The first-order valence-corrected chi connectivity index (χ1v) is 5.52. The fourth-order valence-electron chi connectivity index (χ4n) is 1.20. The number of hydrogen-bond donors (Lipinski definition) is 1. The lowest BCUT2D eigenvalue weighted by atomic mass is 10.2. The molecule has 0 heterocycles. The average molecular weight is 238 g/mol. The standard InChI is InChI=1S/C12H16ClN3/c1-9(16(2)3)8-15-12-6-11(13)5-4-10(12)7-14/h4-6,9,15H,8H2,1-3H3. The number of anilines is 1. The Balaban J connectivity index is 2.73. The maximum atomic E-state index is 8.94. The van der Waals surface area contributed by atoms with Gasteiger partial charge in [0.15, 0.2) is 0 Å². The van der Waals surface area contributed by atoms with Crippen LogP contribution in [0.25, 0.3) is 0 Å². The summed E-state index contributed by atoms with van der Waals surface area (Å²) < 4.78 is 0. The fraction of sp³-hybridized carbons (Fsp3) is 0.417. The summed E-state index contributed by atoms with van der Waals surface area (Å²) >= 11 is 5.89. The van der Waals surface area contributed by atoms with Crippen LogP contribution in [0.1, 0.15) is 12.5 Å². The third-order valence-electron chi connectivity index (χ3n) is 2.57. The Bertz CT molecular complexity index is 396. The van der Waals surface area contributed by atoms with Crippen LogP contribution >= 0.6 is 11.6 Å². The van der Waals surface area contributed by atoms with Crippen molar-refractivity contribution in [2.75, 3.05) is 26.0 Å². The van der Waals surface area contributed by atoms with E-state index in [9.17, 15) is 0 Å². The summed E-state index contributed by atoms with van der Waals surface area (Å²) in [5, 5.41) is 12.8. The molecule has 0 saturated heterocycles. The van der Waals surface area contributed by atoms with E-state index >= 15 is 0 Å². The summed E-state index contributed by atoms with van der Waals surface area (Å²) in [7, 11) is 4.05. The van der Waals surface area contributed by atoms with E-state index in [1.54, 1.807) is 18.2 Å². The molecule has 1 atom stereocenters. The Labute approximate surface area is 102 Å². The number of nitriles is 1. The Morgan fingerprint density at radius 2 is 2.19 bits per heavy atom. The van der Waals surface area contributed by atoms with Crippen LogP contribution in [0.2, 0.25) is 5.02 Å². The van der Waals surface area contributed by atoms with Crippen molar-refractivity contribution in [2.45, 2.75) is 13.0 Å². The second-order valence-electron chi connectivity index (χ2n) is 4.00. The van der Waals surface area contributed by atoms with Crippen molar-refractivity contribution in [1.82, 2.24) is 4.90 Å². The zero-order valence-electron chi connectivity index (χ0n) is 9.79. The van der Waals surface area contributed by atoms with Gasteiger partial charge >= 0.3 is 0 Å². The quantitative estimate of drug-likeness (QED) is 0.875. The number of nitrogens with one attached hydrogen (secondary N) is 1. The van der Waals surface area contributed by atoms with Crippen LogP contribution in [0.5, 0.6) is 0 Å². The van der Waals surface area contributed by atoms with E-state index in [1.165, 1.54) is 0 Å². The Hall–Kier alpha value is -1.24. The van der Waals surface area contributed by atoms with Crippen LogP contribution in [0.15, 0.2) is 18.2 Å². The Kier molecular flexibility index (Phi) is 4.60. The molecule has 1 N–H and O–H groups in total. The van der Waals surface area contributed by atoms with Crippen LogP contribution in [-0.4, -0.2) is 31.6 Å². The van der Waals surface area contributed by atoms with Gasteiger partial charge in [-0.1, -0.05) is 11.6 Å². The molecule has 3 nitrogen and oxygen atoms in total. The number of rotatable bonds is 4. The van der Waals surface area contributed by atoms with E-state index < -0.39 is 0 Å². The van der Waals surface area contributed by atoms with Gasteiger partial charge in [-0.2, -0.15) is 5.26 Å². The first-order valence-electron chi connectivity index (χ1n) is 5.14. The van der Waals surface area contributed by atoms with Crippen LogP contribution in [0, 0.1) is 11.3 Å². The molecule has 0 spiro atoms. The summed E-state index contributed by atoms with van der Waals surface area (Å²) in [6.07, 6.45) is 0. The highest BCUT2D eigenvalue weighted by Gasteiger charge is 2.06. The highest BCUT2D eigenvalue weighted by atomic mass is 35.5. The van der Waals surface area contributed by atoms with Gasteiger partial charge < -0.3 is 10.2 Å². The SMILES string of the molecule is CC(CNc1cc(Cl)ccc1C#N)N(C)C. The van der Waals surface area contributed by atoms with Crippen LogP contribution in [-0.2, 0) is 0 Å². The number of nitrogens with zero attached hydrogens (tertiary/aromatic N) is 2. The zero-order valence-corrected chi connectivity index (χ0v) is 10.5. The van der Waals surface area contributed by atoms with E-state index in [4.69, 9.17) is 16.9 Å². The topological polar surface area (TPSA) is 39.1 Å². The van der Waals surface area contributed by atoms with Gasteiger partial charge in [-0.3, -0.25) is 0 Å². The summed E-state index contributed by atoms with van der Waals surface area (Å²) in [6, 6.07) is 7.77. The minimum atomic E-state index is 0.394. The number of halogens is 1. The van der Waals surface area contributed by atoms with Gasteiger partial charge in [0.1, 0.15) is 6.07 Å². The van der Waals surface area contributed by atoms with Crippen molar-refractivity contribution in [1.29, 1.82) is 5.26 Å². The van der Waals surface area contributed by atoms with Gasteiger partial charge in [0.25, 0.3) is 0 Å². The highest BCUT2D eigenvalue weighted by molar-refractivity contribution is 6.30. The second kappa shape index (κ2) is 5.74. The predicted octanol–water partition coefficient (Wildman–Crippen LogP) is 2.57. The van der Waals surface area contributed by atoms with Crippen molar-refractivity contribution in [3.05, 3.63) is 28.8 Å². The first kappa shape index (κ1) is 12.8. The Morgan fingerprint density at radius 1 is 1.50 bits per heavy atom. The van der Waals surface area contributed by atoms with Gasteiger partial charge in [0.2, 0.25) is 0 Å². The molecule has 0 bridgehead atoms. The smallest absolute Gasteiger partial charge is 0.101 e. The molecule has 1 aromatic carbocycles. The fourth-order valence-corrected chi connectivity index (χ4v) is 1.37. The average Bonchev–Trinajstić information content (AvgIpc) is 2.25. The molecular formula is C12H16ClN3. The van der Waals surface area contributed by atoms with Gasteiger partial charge in [-0.15, -0.1) is 0 Å². The number of hydrogen-bond acceptors (Lipinski definition) is 3. The van der Waals surface area contributed by atoms with Gasteiger partial charge in [-0.05, 0) is 39.2 Å². The van der Waals surface area contributed by atoms with E-state index in [-0.39, 0.29) is 0 Å². The molecule has 0 fully saturated rings. The minimum Gasteiger partial charge on any atom is -0.382 e. The largest absolute Gasteiger partial charge is 0.382 e. The maximum Gasteiger partial charge on any atom is 0.101 e. The zero-order chi connectivity index (χ0) is 12.1. The van der Waals surface area contributed by atoms with Gasteiger partial charge in [0, 0.05) is 17.6 Å². The summed E-state index contributed by atoms with van der Waals surface area (Å²) in [4.78, 5) is 2.11. The molecule has 16 heavy (non-hydrogen) atoms. The number of benzene rings is 1. The molecule has 0 radical (unpaired) electrons. The Morgan fingerprint density at radius 3 is 2.75 bits per heavy atom. The molecule has 0 aliphatic heterocycles. The molecule has 1 rings (SSSR count). The summed E-state index contributed by atoms with van der Waals surface area (Å²) in [5.41, 5.74) is 1.42. The van der Waals surface area contributed by atoms with Crippen molar-refractivity contribution in [3.8, 4) is 6.07 Å². The van der Waals surface area contributed by atoms with Crippen molar-refractivity contribution in [2.24, 2.45) is 0 Å². The van der Waals surface area contributed by atoms with E-state index in [0.29, 0.717) is 16.6 Å². The van der Waals surface area contributed by atoms with Crippen molar-refractivity contribution < 1.29 is 0 Å². The molecule has 0 amide bonds. The van der Waals surface area contributed by atoms with Crippen molar-refractivity contribution >= 4 is 17.3 Å². The highest BCUT2D eigenvalue weighted by Crippen LogP contribution is 2.20. The minimum absolute atomic E-state index is 0.394. The summed E-state index contributed by atoms with van der Waals surface area (Å²) in [5.74, 6) is 0. The van der Waals surface area contributed by atoms with Crippen LogP contribution in [0.3, 0.4) is 0 Å². The lowest BCUT2D eigenvalue weighted by Gasteiger charge is -2.21. The molecule has 4 heteroatoms. The third kappa shape index (κ3) is 3.41. The molecular weight excluding hydrogens is 222 g/mol. The molecule has 1 unspecified atom stereocenters. The summed E-state index contributed by atoms with van der Waals surface area (Å²) in [6.45, 7) is 2.89. The molecule has 86 valence electrons. The lowest BCUT2D eigenvalue weighted by Crippen LogP contribution is -2.31. The van der Waals surface area contributed by atoms with Crippen LogP contribution < -0.4 is 5.32 Å². The predicted molar refractivity (Wildman–Crippen MR) is 67.8 cm³/mol. The lowest BCUT2D eigenvalue weighted by molar-refractivity contribution is 0.326. The van der Waals surface area contributed by atoms with E-state index in [2.05, 4.69) is 23.2 Å². The number of likely N-dealkylation sites (N-methyl/N-ethyl adjacent to an activating group) is 1. The van der Waals surface area contributed by atoms with Crippen molar-refractivity contribution in [3.63, 3.8) is 0 Å². The van der Waals surface area contributed by atoms with Gasteiger partial charge in [0.05, 0.1) is 11.3 Å². The normalized spacial score (nSPS) is 12.2. The van der Waals surface area contributed by atoms with Crippen LogP contribution in [0.4, 0.5) is 5.69 Å². The molecule has 0 aliphatic carbocycles. The first-order chi connectivity index (χ1) is 7.54. The molecule has 0 aliphatic rings. The third-order valence-corrected chi connectivity index (χ3v) is 2.81. The maximum absolute atomic E-state index is 8.94. The van der Waals surface area contributed by atoms with E-state index in [0.717, 1.165) is 12.2 Å². The van der Waals surface area contributed by atoms with Gasteiger partial charge in [-0.25, -0.2) is 0 Å². The molecule has 0 saturated carbocycles. The molecule has 0 aromatic heterocycles. The van der Waals surface area contributed by atoms with E-state index in [1.807, 2.05) is 14.1 Å². The molecule has 1 aromatic rings. The monoisotopic (exact) mass is 237 g/mol. The second-order valence-corrected chi connectivity index (χ2v) is 4.43.